The summed E-state index contributed by atoms with van der Waals surface area (Å²) in [6.07, 6.45) is 7.86. The topological polar surface area (TPSA) is 86.7 Å². The van der Waals surface area contributed by atoms with E-state index in [4.69, 9.17) is 20.5 Å². The van der Waals surface area contributed by atoms with Gasteiger partial charge in [0.1, 0.15) is 11.0 Å². The summed E-state index contributed by atoms with van der Waals surface area (Å²) in [6, 6.07) is 0. The molecular weight excluding hydrogens is 476 g/mol. The van der Waals surface area contributed by atoms with Gasteiger partial charge >= 0.3 is 5.97 Å². The number of Topliss-reactive ketones (excluding diaryl/α,β-unsaturated/α-hetero) is 1. The molecule has 34 heavy (non-hydrogen) atoms. The minimum absolute atomic E-state index is 0.0546. The maximum absolute atomic E-state index is 12.6. The van der Waals surface area contributed by atoms with Crippen LogP contribution in [0.4, 0.5) is 0 Å². The number of fused-ring (bicyclic) bond motifs is 5. The second-order valence-electron chi connectivity index (χ2n) is 12.0. The lowest BCUT2D eigenvalue weighted by Gasteiger charge is -2.62. The summed E-state index contributed by atoms with van der Waals surface area (Å²) in [7, 11) is -2.42. The molecule has 0 bridgehead atoms. The van der Waals surface area contributed by atoms with Gasteiger partial charge < -0.3 is 4.74 Å². The van der Waals surface area contributed by atoms with E-state index in [0.29, 0.717) is 55.1 Å². The summed E-state index contributed by atoms with van der Waals surface area (Å²) in [5.74, 6) is 2.36. The quantitative estimate of drug-likeness (QED) is 0.258. The Balaban J connectivity index is 1.67. The van der Waals surface area contributed by atoms with Crippen LogP contribution < -0.4 is 0 Å². The first kappa shape index (κ1) is 26.4. The van der Waals surface area contributed by atoms with Crippen LogP contribution >= 0.6 is 11.6 Å². The van der Waals surface area contributed by atoms with Crippen LogP contribution in [0, 0.1) is 46.3 Å². The number of ketones is 1. The Bertz CT molecular complexity index is 905. The van der Waals surface area contributed by atoms with Gasteiger partial charge in [-0.15, -0.1) is 11.6 Å². The van der Waals surface area contributed by atoms with E-state index in [9.17, 15) is 18.0 Å². The largest absolute Gasteiger partial charge is 0.469 e. The second kappa shape index (κ2) is 9.66. The molecular formula is C26H41ClO6S. The molecule has 0 unspecified atom stereocenters. The van der Waals surface area contributed by atoms with Crippen molar-refractivity contribution in [1.82, 2.24) is 0 Å². The smallest absolute Gasteiger partial charge is 0.305 e. The number of hydrogen-bond acceptors (Lipinski definition) is 6. The molecule has 6 nitrogen and oxygen atoms in total. The van der Waals surface area contributed by atoms with Gasteiger partial charge in [-0.2, -0.15) is 8.42 Å². The molecule has 4 rings (SSSR count). The van der Waals surface area contributed by atoms with E-state index in [1.165, 1.54) is 7.11 Å². The Kier molecular flexibility index (Phi) is 7.50. The molecule has 8 heteroatoms. The van der Waals surface area contributed by atoms with Crippen molar-refractivity contribution in [1.29, 1.82) is 0 Å². The van der Waals surface area contributed by atoms with Crippen molar-refractivity contribution in [2.45, 2.75) is 91.1 Å². The van der Waals surface area contributed by atoms with Gasteiger partial charge in [0.2, 0.25) is 0 Å². The fourth-order valence-corrected chi connectivity index (χ4v) is 9.78. The lowest BCUT2D eigenvalue weighted by atomic mass is 9.44. The van der Waals surface area contributed by atoms with Gasteiger partial charge in [-0.3, -0.25) is 13.8 Å². The molecule has 0 aromatic heterocycles. The Hall–Kier alpha value is -0.660. The van der Waals surface area contributed by atoms with Crippen molar-refractivity contribution in [3.8, 4) is 0 Å². The normalized spacial score (nSPS) is 42.9. The second-order valence-corrected chi connectivity index (χ2v) is 14.2. The van der Waals surface area contributed by atoms with Crippen LogP contribution in [-0.2, 0) is 28.6 Å². The van der Waals surface area contributed by atoms with E-state index in [1.54, 1.807) is 0 Å². The number of methoxy groups -OCH3 is 1. The number of carbonyl (C=O) groups excluding carboxylic acids is 2. The molecule has 0 aromatic carbocycles. The minimum atomic E-state index is -3.83. The first-order valence-electron chi connectivity index (χ1n) is 13.0. The molecule has 194 valence electrons. The summed E-state index contributed by atoms with van der Waals surface area (Å²) in [5, 5.41) is -0.546. The summed E-state index contributed by atoms with van der Waals surface area (Å²) < 4.78 is 36.1. The third-order valence-electron chi connectivity index (χ3n) is 10.7. The first-order chi connectivity index (χ1) is 16.0. The van der Waals surface area contributed by atoms with E-state index in [0.717, 1.165) is 38.5 Å². The third kappa shape index (κ3) is 4.47. The molecule has 0 heterocycles. The van der Waals surface area contributed by atoms with E-state index >= 15 is 0 Å². The predicted molar refractivity (Wildman–Crippen MR) is 131 cm³/mol. The van der Waals surface area contributed by atoms with Gasteiger partial charge in [-0.05, 0) is 85.9 Å². The maximum Gasteiger partial charge on any atom is 0.305 e. The number of esters is 1. The Morgan fingerprint density at radius 3 is 2.59 bits per heavy atom. The highest BCUT2D eigenvalue weighted by Crippen LogP contribution is 2.68. The molecule has 0 amide bonds. The average Bonchev–Trinajstić information content (AvgIpc) is 3.16. The first-order valence-corrected chi connectivity index (χ1v) is 15.1. The molecule has 4 aliphatic rings. The zero-order valence-electron chi connectivity index (χ0n) is 21.1. The van der Waals surface area contributed by atoms with Crippen LogP contribution in [0.25, 0.3) is 0 Å². The summed E-state index contributed by atoms with van der Waals surface area (Å²) in [4.78, 5) is 24.0. The van der Waals surface area contributed by atoms with Gasteiger partial charge in [-0.1, -0.05) is 20.8 Å². The van der Waals surface area contributed by atoms with Crippen molar-refractivity contribution >= 4 is 33.5 Å². The number of rotatable bonds is 7. The van der Waals surface area contributed by atoms with Gasteiger partial charge in [-0.25, -0.2) is 0 Å². The molecule has 0 saturated heterocycles. The van der Waals surface area contributed by atoms with E-state index in [-0.39, 0.29) is 28.6 Å². The molecule has 0 N–H and O–H groups in total. The maximum atomic E-state index is 12.6. The summed E-state index contributed by atoms with van der Waals surface area (Å²) in [5.41, 5.74) is -0.234. The zero-order valence-corrected chi connectivity index (χ0v) is 22.6. The van der Waals surface area contributed by atoms with Gasteiger partial charge in [0.05, 0.1) is 13.2 Å². The SMILES string of the molecule is COC(=O)CC[C@@H](C)[C@H]1CC[C@H]2[C@@H]3CC[C@@H]4CC(=O)CC[C@]4(C)[C@H]3C[C@H](OS(=O)(=O)CCl)[C@]12C. The summed E-state index contributed by atoms with van der Waals surface area (Å²) in [6.45, 7) is 6.78. The molecule has 4 aliphatic carbocycles. The Labute approximate surface area is 210 Å². The average molecular weight is 517 g/mol. The number of carbonyl (C=O) groups is 2. The van der Waals surface area contributed by atoms with Crippen LogP contribution in [-0.4, -0.2) is 38.6 Å². The number of halogens is 1. The molecule has 0 aliphatic heterocycles. The van der Waals surface area contributed by atoms with Crippen LogP contribution in [0.15, 0.2) is 0 Å². The zero-order chi connectivity index (χ0) is 24.9. The van der Waals surface area contributed by atoms with Gasteiger partial charge in [0.15, 0.2) is 0 Å². The number of hydrogen-bond donors (Lipinski definition) is 0. The van der Waals surface area contributed by atoms with Crippen molar-refractivity contribution in [2.75, 3.05) is 12.3 Å². The van der Waals surface area contributed by atoms with Crippen molar-refractivity contribution in [2.24, 2.45) is 46.3 Å². The van der Waals surface area contributed by atoms with E-state index in [2.05, 4.69) is 20.8 Å². The standard InChI is InChI=1S/C26H41ClO6S/c1-16(5-10-24(29)32-4)20-8-9-21-19-7-6-17-13-18(28)11-12-25(17,2)22(19)14-23(26(20,21)3)33-34(30,31)15-27/h16-17,19-23H,5-15H2,1-4H3/t16-,17-,19+,20-,21+,22+,23+,25+,26-/m1/s1. The van der Waals surface area contributed by atoms with E-state index < -0.39 is 21.4 Å². The van der Waals surface area contributed by atoms with Crippen LogP contribution in [0.3, 0.4) is 0 Å². The predicted octanol–water partition coefficient (Wildman–Crippen LogP) is 5.32. The molecule has 4 saturated carbocycles. The van der Waals surface area contributed by atoms with Gasteiger partial charge in [0, 0.05) is 24.7 Å². The molecule has 4 fully saturated rings. The van der Waals surface area contributed by atoms with Crippen LogP contribution in [0.1, 0.15) is 85.0 Å². The third-order valence-corrected chi connectivity index (χ3v) is 12.3. The lowest BCUT2D eigenvalue weighted by Crippen LogP contribution is -2.59. The van der Waals surface area contributed by atoms with Crippen molar-refractivity contribution in [3.05, 3.63) is 0 Å². The molecule has 0 radical (unpaired) electrons. The molecule has 0 spiro atoms. The number of ether oxygens (including phenoxy) is 1. The summed E-state index contributed by atoms with van der Waals surface area (Å²) >= 11 is 5.79. The highest BCUT2D eigenvalue weighted by atomic mass is 35.5. The molecule has 9 atom stereocenters. The Morgan fingerprint density at radius 2 is 1.91 bits per heavy atom. The van der Waals surface area contributed by atoms with Crippen molar-refractivity contribution < 1.29 is 26.9 Å². The van der Waals surface area contributed by atoms with Crippen LogP contribution in [0.5, 0.6) is 0 Å². The fourth-order valence-electron chi connectivity index (χ4n) is 8.94. The van der Waals surface area contributed by atoms with E-state index in [1.807, 2.05) is 0 Å². The highest BCUT2D eigenvalue weighted by Gasteiger charge is 2.65. The lowest BCUT2D eigenvalue weighted by molar-refractivity contribution is -0.163. The van der Waals surface area contributed by atoms with Crippen LogP contribution in [0.2, 0.25) is 0 Å². The fraction of sp³-hybridized carbons (Fsp3) is 0.923. The van der Waals surface area contributed by atoms with Crippen molar-refractivity contribution in [3.63, 3.8) is 0 Å². The highest BCUT2D eigenvalue weighted by molar-refractivity contribution is 7.87. The Morgan fingerprint density at radius 1 is 1.18 bits per heavy atom. The number of alkyl halides is 1. The minimum Gasteiger partial charge on any atom is -0.469 e. The monoisotopic (exact) mass is 516 g/mol. The van der Waals surface area contributed by atoms with Gasteiger partial charge in [0.25, 0.3) is 10.1 Å². The molecule has 0 aromatic rings.